The van der Waals surface area contributed by atoms with E-state index < -0.39 is 0 Å². The molecule has 2 aromatic rings. The van der Waals surface area contributed by atoms with E-state index in [2.05, 4.69) is 17.2 Å². The predicted octanol–water partition coefficient (Wildman–Crippen LogP) is 1.59. The van der Waals surface area contributed by atoms with Gasteiger partial charge in [0.2, 0.25) is 0 Å². The molecule has 2 heterocycles. The molecule has 1 N–H and O–H groups in total. The highest BCUT2D eigenvalue weighted by Crippen LogP contribution is 2.21. The quantitative estimate of drug-likeness (QED) is 0.926. The summed E-state index contributed by atoms with van der Waals surface area (Å²) in [5.74, 6) is 1.61. The van der Waals surface area contributed by atoms with Gasteiger partial charge < -0.3 is 19.5 Å². The zero-order valence-corrected chi connectivity index (χ0v) is 14.5. The van der Waals surface area contributed by atoms with Gasteiger partial charge in [0.25, 0.3) is 5.91 Å². The molecule has 1 fully saturated rings. The number of aryl methyl sites for hydroxylation is 3. The van der Waals surface area contributed by atoms with Gasteiger partial charge in [-0.3, -0.25) is 4.79 Å². The fourth-order valence-corrected chi connectivity index (χ4v) is 2.96. The highest BCUT2D eigenvalue weighted by molar-refractivity contribution is 5.78. The van der Waals surface area contributed by atoms with Crippen molar-refractivity contribution >= 4 is 5.91 Å². The zero-order chi connectivity index (χ0) is 17.1. The summed E-state index contributed by atoms with van der Waals surface area (Å²) in [6.45, 7) is 6.30. The molecule has 0 radical (unpaired) electrons. The van der Waals surface area contributed by atoms with E-state index >= 15 is 0 Å². The Morgan fingerprint density at radius 2 is 2.21 bits per heavy atom. The van der Waals surface area contributed by atoms with Crippen LogP contribution in [0.1, 0.15) is 23.0 Å². The molecule has 1 aliphatic rings. The third-order valence-corrected chi connectivity index (χ3v) is 4.56. The maximum atomic E-state index is 12.7. The average Bonchev–Trinajstić information content (AvgIpc) is 3.01. The van der Waals surface area contributed by atoms with Gasteiger partial charge in [0.15, 0.2) is 6.61 Å². The largest absolute Gasteiger partial charge is 0.484 e. The van der Waals surface area contributed by atoms with Crippen molar-refractivity contribution in [3.63, 3.8) is 0 Å². The highest BCUT2D eigenvalue weighted by Gasteiger charge is 2.30. The van der Waals surface area contributed by atoms with Gasteiger partial charge in [-0.15, -0.1) is 0 Å². The molecule has 3 rings (SSSR count). The Bertz CT molecular complexity index is 726. The van der Waals surface area contributed by atoms with Crippen LogP contribution in [-0.2, 0) is 11.8 Å². The topological polar surface area (TPSA) is 59.4 Å². The lowest BCUT2D eigenvalue weighted by molar-refractivity contribution is -0.137. The number of carbonyl (C=O) groups is 1. The molecule has 1 amide bonds. The van der Waals surface area contributed by atoms with Crippen LogP contribution in [0.15, 0.2) is 30.6 Å². The zero-order valence-electron chi connectivity index (χ0n) is 14.5. The van der Waals surface area contributed by atoms with E-state index in [1.807, 2.05) is 47.8 Å². The summed E-state index contributed by atoms with van der Waals surface area (Å²) < 4.78 is 7.67. The molecule has 1 aliphatic heterocycles. The molecule has 0 saturated carbocycles. The number of amides is 1. The third kappa shape index (κ3) is 3.43. The average molecular weight is 328 g/mol. The van der Waals surface area contributed by atoms with Crippen molar-refractivity contribution < 1.29 is 9.53 Å². The number of ether oxygens (including phenoxy) is 1. The van der Waals surface area contributed by atoms with Crippen molar-refractivity contribution in [3.8, 4) is 5.75 Å². The smallest absolute Gasteiger partial charge is 0.261 e. The molecule has 1 aromatic carbocycles. The van der Waals surface area contributed by atoms with Crippen LogP contribution in [0, 0.1) is 13.8 Å². The van der Waals surface area contributed by atoms with Crippen molar-refractivity contribution in [1.82, 2.24) is 19.8 Å². The van der Waals surface area contributed by atoms with Crippen LogP contribution in [0.5, 0.6) is 5.75 Å². The fraction of sp³-hybridized carbons (Fsp3) is 0.444. The fourth-order valence-electron chi connectivity index (χ4n) is 2.96. The van der Waals surface area contributed by atoms with Crippen LogP contribution in [-0.4, -0.2) is 46.6 Å². The summed E-state index contributed by atoms with van der Waals surface area (Å²) in [6, 6.07) is 5.83. The number of aromatic nitrogens is 2. The van der Waals surface area contributed by atoms with Crippen molar-refractivity contribution in [1.29, 1.82) is 0 Å². The molecule has 6 nitrogen and oxygen atoms in total. The number of imidazole rings is 1. The van der Waals surface area contributed by atoms with Crippen molar-refractivity contribution in [3.05, 3.63) is 47.5 Å². The van der Waals surface area contributed by atoms with Crippen LogP contribution in [0.2, 0.25) is 0 Å². The Labute approximate surface area is 142 Å². The maximum Gasteiger partial charge on any atom is 0.261 e. The van der Waals surface area contributed by atoms with E-state index in [1.165, 1.54) is 5.56 Å². The molecule has 1 unspecified atom stereocenters. The first-order valence-corrected chi connectivity index (χ1v) is 8.23. The van der Waals surface area contributed by atoms with Crippen molar-refractivity contribution in [2.75, 3.05) is 26.2 Å². The molecule has 6 heteroatoms. The van der Waals surface area contributed by atoms with Gasteiger partial charge >= 0.3 is 0 Å². The number of rotatable bonds is 4. The van der Waals surface area contributed by atoms with Crippen molar-refractivity contribution in [2.24, 2.45) is 7.05 Å². The standard InChI is InChI=1S/C18H24N4O2/c1-13-4-5-15(10-14(13)2)24-12-17(23)22-9-6-19-11-16(22)18-20-7-8-21(18)3/h4-5,7-8,10,16,19H,6,9,11-12H2,1-3H3. The number of hydrogen-bond donors (Lipinski definition) is 1. The summed E-state index contributed by atoms with van der Waals surface area (Å²) in [4.78, 5) is 18.9. The summed E-state index contributed by atoms with van der Waals surface area (Å²) in [5.41, 5.74) is 2.37. The minimum atomic E-state index is -0.0606. The van der Waals surface area contributed by atoms with Gasteiger partial charge in [-0.25, -0.2) is 4.98 Å². The molecule has 0 spiro atoms. The number of benzene rings is 1. The number of nitrogens with one attached hydrogen (secondary N) is 1. The lowest BCUT2D eigenvalue weighted by Gasteiger charge is -2.35. The Morgan fingerprint density at radius 1 is 1.38 bits per heavy atom. The number of hydrogen-bond acceptors (Lipinski definition) is 4. The predicted molar refractivity (Wildman–Crippen MR) is 91.9 cm³/mol. The second-order valence-corrected chi connectivity index (χ2v) is 6.24. The molecule has 24 heavy (non-hydrogen) atoms. The SMILES string of the molecule is Cc1ccc(OCC(=O)N2CCNCC2c2nccn2C)cc1C. The van der Waals surface area contributed by atoms with Crippen LogP contribution >= 0.6 is 0 Å². The van der Waals surface area contributed by atoms with Gasteiger partial charge in [-0.05, 0) is 37.1 Å². The molecule has 0 aliphatic carbocycles. The van der Waals surface area contributed by atoms with Crippen LogP contribution in [0.25, 0.3) is 0 Å². The minimum Gasteiger partial charge on any atom is -0.484 e. The first kappa shape index (κ1) is 16.5. The molecule has 1 aromatic heterocycles. The molecule has 1 atom stereocenters. The second-order valence-electron chi connectivity index (χ2n) is 6.24. The maximum absolute atomic E-state index is 12.7. The number of carbonyl (C=O) groups excluding carboxylic acids is 1. The van der Waals surface area contributed by atoms with Gasteiger partial charge in [-0.2, -0.15) is 0 Å². The number of piperazine rings is 1. The first-order chi connectivity index (χ1) is 11.6. The van der Waals surface area contributed by atoms with E-state index in [0.717, 1.165) is 23.7 Å². The Hall–Kier alpha value is -2.34. The van der Waals surface area contributed by atoms with Crippen LogP contribution < -0.4 is 10.1 Å². The Kier molecular flexibility index (Phi) is 4.85. The lowest BCUT2D eigenvalue weighted by atomic mass is 10.1. The van der Waals surface area contributed by atoms with Crippen LogP contribution in [0.4, 0.5) is 0 Å². The summed E-state index contributed by atoms with van der Waals surface area (Å²) in [7, 11) is 1.95. The molecule has 128 valence electrons. The third-order valence-electron chi connectivity index (χ3n) is 4.56. The van der Waals surface area contributed by atoms with E-state index in [0.29, 0.717) is 13.1 Å². The molecule has 1 saturated heterocycles. The molecular formula is C18H24N4O2. The van der Waals surface area contributed by atoms with Gasteiger partial charge in [0.1, 0.15) is 17.6 Å². The van der Waals surface area contributed by atoms with E-state index in [-0.39, 0.29) is 18.6 Å². The monoisotopic (exact) mass is 328 g/mol. The molecular weight excluding hydrogens is 304 g/mol. The first-order valence-electron chi connectivity index (χ1n) is 8.23. The summed E-state index contributed by atoms with van der Waals surface area (Å²) in [5, 5.41) is 3.33. The Morgan fingerprint density at radius 3 is 2.92 bits per heavy atom. The summed E-state index contributed by atoms with van der Waals surface area (Å²) >= 11 is 0. The van der Waals surface area contributed by atoms with Gasteiger partial charge in [0.05, 0.1) is 0 Å². The summed E-state index contributed by atoms with van der Waals surface area (Å²) in [6.07, 6.45) is 3.66. The van der Waals surface area contributed by atoms with E-state index in [9.17, 15) is 4.79 Å². The minimum absolute atomic E-state index is 0.0114. The number of nitrogens with zero attached hydrogens (tertiary/aromatic N) is 3. The van der Waals surface area contributed by atoms with Gasteiger partial charge in [0, 0.05) is 39.1 Å². The van der Waals surface area contributed by atoms with Crippen LogP contribution in [0.3, 0.4) is 0 Å². The highest BCUT2D eigenvalue weighted by atomic mass is 16.5. The normalized spacial score (nSPS) is 17.8. The van der Waals surface area contributed by atoms with E-state index in [4.69, 9.17) is 4.74 Å². The molecule has 0 bridgehead atoms. The Balaban J connectivity index is 1.68. The van der Waals surface area contributed by atoms with Crippen molar-refractivity contribution in [2.45, 2.75) is 19.9 Å². The second kappa shape index (κ2) is 7.05. The lowest BCUT2D eigenvalue weighted by Crippen LogP contribution is -2.50. The van der Waals surface area contributed by atoms with Gasteiger partial charge in [-0.1, -0.05) is 6.07 Å². The van der Waals surface area contributed by atoms with E-state index in [1.54, 1.807) is 6.20 Å².